The number of piperazine rings is 1. The van der Waals surface area contributed by atoms with Gasteiger partial charge in [0.15, 0.2) is 0 Å². The Morgan fingerprint density at radius 1 is 0.893 bits per heavy atom. The SMILES string of the molecule is N#Cc1nc(Nc2ccccc2)nc(N2CCN(C3CCCCCC3)CC2)n1. The van der Waals surface area contributed by atoms with Crippen molar-refractivity contribution in [1.82, 2.24) is 19.9 Å². The zero-order valence-electron chi connectivity index (χ0n) is 16.2. The van der Waals surface area contributed by atoms with E-state index >= 15 is 0 Å². The van der Waals surface area contributed by atoms with Crippen LogP contribution in [0.5, 0.6) is 0 Å². The topological polar surface area (TPSA) is 81.0 Å². The second kappa shape index (κ2) is 8.98. The first-order valence-corrected chi connectivity index (χ1v) is 10.3. The highest BCUT2D eigenvalue weighted by molar-refractivity contribution is 5.54. The summed E-state index contributed by atoms with van der Waals surface area (Å²) in [4.78, 5) is 17.9. The Bertz CT molecular complexity index is 801. The van der Waals surface area contributed by atoms with Crippen LogP contribution in [0, 0.1) is 11.3 Å². The molecule has 1 saturated carbocycles. The fraction of sp³-hybridized carbons (Fsp3) is 0.524. The minimum atomic E-state index is 0.148. The van der Waals surface area contributed by atoms with Gasteiger partial charge in [-0.3, -0.25) is 4.90 Å². The van der Waals surface area contributed by atoms with Crippen LogP contribution in [0.2, 0.25) is 0 Å². The Labute approximate surface area is 166 Å². The van der Waals surface area contributed by atoms with Crippen molar-refractivity contribution in [3.63, 3.8) is 0 Å². The Hall–Kier alpha value is -2.72. The molecule has 2 aromatic rings. The molecule has 1 aliphatic carbocycles. The zero-order chi connectivity index (χ0) is 19.2. The molecule has 0 spiro atoms. The number of nitrogens with zero attached hydrogens (tertiary/aromatic N) is 6. The first-order chi connectivity index (χ1) is 13.8. The normalized spacial score (nSPS) is 19.0. The van der Waals surface area contributed by atoms with Crippen LogP contribution in [-0.2, 0) is 0 Å². The molecule has 7 heteroatoms. The lowest BCUT2D eigenvalue weighted by Crippen LogP contribution is -2.50. The van der Waals surface area contributed by atoms with Gasteiger partial charge in [-0.15, -0.1) is 0 Å². The van der Waals surface area contributed by atoms with Gasteiger partial charge in [0.2, 0.25) is 17.7 Å². The van der Waals surface area contributed by atoms with E-state index in [-0.39, 0.29) is 5.82 Å². The van der Waals surface area contributed by atoms with Gasteiger partial charge >= 0.3 is 0 Å². The molecule has 1 saturated heterocycles. The smallest absolute Gasteiger partial charge is 0.238 e. The molecule has 146 valence electrons. The summed E-state index contributed by atoms with van der Waals surface area (Å²) in [7, 11) is 0. The fourth-order valence-corrected chi connectivity index (χ4v) is 4.17. The number of aromatic nitrogens is 3. The van der Waals surface area contributed by atoms with Gasteiger partial charge in [-0.25, -0.2) is 0 Å². The summed E-state index contributed by atoms with van der Waals surface area (Å²) in [6.45, 7) is 3.83. The fourth-order valence-electron chi connectivity index (χ4n) is 4.17. The summed E-state index contributed by atoms with van der Waals surface area (Å²) in [6.07, 6.45) is 8.15. The number of nitriles is 1. The van der Waals surface area contributed by atoms with Crippen LogP contribution in [0.25, 0.3) is 0 Å². The highest BCUT2D eigenvalue weighted by Crippen LogP contribution is 2.24. The quantitative estimate of drug-likeness (QED) is 0.819. The Morgan fingerprint density at radius 3 is 2.29 bits per heavy atom. The van der Waals surface area contributed by atoms with E-state index in [9.17, 15) is 5.26 Å². The van der Waals surface area contributed by atoms with Crippen molar-refractivity contribution in [3.8, 4) is 6.07 Å². The molecule has 0 atom stereocenters. The third-order valence-electron chi connectivity index (χ3n) is 5.69. The highest BCUT2D eigenvalue weighted by atomic mass is 15.3. The first-order valence-electron chi connectivity index (χ1n) is 10.3. The van der Waals surface area contributed by atoms with Crippen LogP contribution in [0.15, 0.2) is 30.3 Å². The molecular weight excluding hydrogens is 350 g/mol. The number of para-hydroxylation sites is 1. The molecule has 0 unspecified atom stereocenters. The Balaban J connectivity index is 1.44. The van der Waals surface area contributed by atoms with Crippen molar-refractivity contribution in [2.24, 2.45) is 0 Å². The van der Waals surface area contributed by atoms with Crippen molar-refractivity contribution in [2.45, 2.75) is 44.6 Å². The third kappa shape index (κ3) is 4.57. The lowest BCUT2D eigenvalue weighted by molar-refractivity contribution is 0.168. The molecule has 0 amide bonds. The second-order valence-corrected chi connectivity index (χ2v) is 7.55. The summed E-state index contributed by atoms with van der Waals surface area (Å²) in [5, 5.41) is 12.5. The predicted molar refractivity (Wildman–Crippen MR) is 110 cm³/mol. The van der Waals surface area contributed by atoms with Gasteiger partial charge in [-0.1, -0.05) is 43.9 Å². The predicted octanol–water partition coefficient (Wildman–Crippen LogP) is 3.33. The largest absolute Gasteiger partial charge is 0.338 e. The number of hydrogen-bond acceptors (Lipinski definition) is 7. The molecule has 1 N–H and O–H groups in total. The summed E-state index contributed by atoms with van der Waals surface area (Å²) in [5.41, 5.74) is 0.890. The maximum absolute atomic E-state index is 9.33. The van der Waals surface area contributed by atoms with Crippen LogP contribution in [0.4, 0.5) is 17.6 Å². The molecule has 2 aliphatic rings. The van der Waals surface area contributed by atoms with Gasteiger partial charge < -0.3 is 10.2 Å². The van der Waals surface area contributed by atoms with E-state index in [1.54, 1.807) is 0 Å². The zero-order valence-corrected chi connectivity index (χ0v) is 16.2. The molecule has 1 aromatic heterocycles. The molecule has 1 aromatic carbocycles. The average Bonchev–Trinajstić information content (AvgIpc) is 3.04. The van der Waals surface area contributed by atoms with Crippen molar-refractivity contribution < 1.29 is 0 Å². The van der Waals surface area contributed by atoms with E-state index in [0.29, 0.717) is 11.9 Å². The summed E-state index contributed by atoms with van der Waals surface area (Å²) >= 11 is 0. The number of rotatable bonds is 4. The van der Waals surface area contributed by atoms with Crippen molar-refractivity contribution in [1.29, 1.82) is 5.26 Å². The highest BCUT2D eigenvalue weighted by Gasteiger charge is 2.26. The van der Waals surface area contributed by atoms with Crippen LogP contribution >= 0.6 is 0 Å². The molecule has 28 heavy (non-hydrogen) atoms. The lowest BCUT2D eigenvalue weighted by atomic mass is 10.1. The number of anilines is 3. The van der Waals surface area contributed by atoms with Gasteiger partial charge in [0, 0.05) is 37.9 Å². The summed E-state index contributed by atoms with van der Waals surface area (Å²) in [5.74, 6) is 1.15. The average molecular weight is 377 g/mol. The van der Waals surface area contributed by atoms with Crippen LogP contribution < -0.4 is 10.2 Å². The molecule has 2 heterocycles. The number of hydrogen-bond donors (Lipinski definition) is 1. The van der Waals surface area contributed by atoms with Crippen LogP contribution in [0.1, 0.15) is 44.3 Å². The van der Waals surface area contributed by atoms with Crippen LogP contribution in [0.3, 0.4) is 0 Å². The molecule has 0 radical (unpaired) electrons. The molecule has 1 aliphatic heterocycles. The summed E-state index contributed by atoms with van der Waals surface area (Å²) < 4.78 is 0. The lowest BCUT2D eigenvalue weighted by Gasteiger charge is -2.39. The molecule has 2 fully saturated rings. The maximum Gasteiger partial charge on any atom is 0.238 e. The number of nitrogens with one attached hydrogen (secondary N) is 1. The van der Waals surface area contributed by atoms with Gasteiger partial charge in [-0.05, 0) is 25.0 Å². The Kier molecular flexibility index (Phi) is 5.98. The minimum absolute atomic E-state index is 0.148. The standard InChI is InChI=1S/C21H27N7/c22-16-19-24-20(23-17-8-4-3-5-9-17)26-21(25-19)28-14-12-27(13-15-28)18-10-6-1-2-7-11-18/h3-5,8-9,18H,1-2,6-7,10-15H2,(H,23,24,25,26). The monoisotopic (exact) mass is 377 g/mol. The van der Waals surface area contributed by atoms with Crippen molar-refractivity contribution >= 4 is 17.6 Å². The van der Waals surface area contributed by atoms with Crippen molar-refractivity contribution in [2.75, 3.05) is 36.4 Å². The van der Waals surface area contributed by atoms with Gasteiger partial charge in [0.25, 0.3) is 0 Å². The van der Waals surface area contributed by atoms with Crippen molar-refractivity contribution in [3.05, 3.63) is 36.2 Å². The van der Waals surface area contributed by atoms with E-state index in [4.69, 9.17) is 0 Å². The van der Waals surface area contributed by atoms with E-state index in [0.717, 1.165) is 37.9 Å². The minimum Gasteiger partial charge on any atom is -0.338 e. The van der Waals surface area contributed by atoms with E-state index in [2.05, 4.69) is 36.1 Å². The molecule has 0 bridgehead atoms. The van der Waals surface area contributed by atoms with Gasteiger partial charge in [0.1, 0.15) is 6.07 Å². The Morgan fingerprint density at radius 2 is 1.61 bits per heavy atom. The van der Waals surface area contributed by atoms with Gasteiger partial charge in [-0.2, -0.15) is 20.2 Å². The van der Waals surface area contributed by atoms with Crippen LogP contribution in [-0.4, -0.2) is 52.1 Å². The number of benzene rings is 1. The maximum atomic E-state index is 9.33. The van der Waals surface area contributed by atoms with Gasteiger partial charge in [0.05, 0.1) is 0 Å². The second-order valence-electron chi connectivity index (χ2n) is 7.55. The first kappa shape index (κ1) is 18.6. The van der Waals surface area contributed by atoms with E-state index in [1.165, 1.54) is 38.5 Å². The molecule has 7 nitrogen and oxygen atoms in total. The third-order valence-corrected chi connectivity index (χ3v) is 5.69. The summed E-state index contributed by atoms with van der Waals surface area (Å²) in [6, 6.07) is 12.5. The van der Waals surface area contributed by atoms with E-state index in [1.807, 2.05) is 30.3 Å². The molecule has 4 rings (SSSR count). The van der Waals surface area contributed by atoms with E-state index < -0.39 is 0 Å². The molecular formula is C21H27N7.